The Kier molecular flexibility index (Phi) is 5.57. The molecule has 0 atom stereocenters. The monoisotopic (exact) mass is 248 g/mol. The number of quaternary nitrogens is 1. The lowest BCUT2D eigenvalue weighted by molar-refractivity contribution is -0.908. The fourth-order valence-electron chi connectivity index (χ4n) is 2.02. The van der Waals surface area contributed by atoms with Gasteiger partial charge >= 0.3 is 0 Å². The summed E-state index contributed by atoms with van der Waals surface area (Å²) in [6.45, 7) is 5.47. The van der Waals surface area contributed by atoms with Crippen LogP contribution < -0.4 is 0 Å². The lowest BCUT2D eigenvalue weighted by Crippen LogP contribution is -2.41. The molecule has 2 heteroatoms. The second kappa shape index (κ2) is 6.72. The lowest BCUT2D eigenvalue weighted by Gasteiger charge is -2.27. The van der Waals surface area contributed by atoms with Crippen molar-refractivity contribution in [3.63, 3.8) is 0 Å². The summed E-state index contributed by atoms with van der Waals surface area (Å²) in [4.78, 5) is 0. The van der Waals surface area contributed by atoms with E-state index in [2.05, 4.69) is 58.3 Å². The number of benzene rings is 1. The van der Waals surface area contributed by atoms with Crippen LogP contribution in [0.4, 0.5) is 0 Å². The molecule has 0 aromatic heterocycles. The molecule has 1 rings (SSSR count). The number of allylic oxidation sites excluding steroid dienone is 1. The van der Waals surface area contributed by atoms with E-state index in [0.29, 0.717) is 4.48 Å². The summed E-state index contributed by atoms with van der Waals surface area (Å²) in [7, 11) is 4.11. The van der Waals surface area contributed by atoms with Crippen molar-refractivity contribution in [1.29, 1.82) is 0 Å². The zero-order valence-electron chi connectivity index (χ0n) is 12.1. The Balaban J connectivity index is 2.86. The molecule has 0 heterocycles. The summed E-state index contributed by atoms with van der Waals surface area (Å²) in [6.07, 6.45) is 4.36. The fraction of sp³-hybridized carbons (Fsp3) is 0.500. The Labute approximate surface area is 111 Å². The van der Waals surface area contributed by atoms with E-state index < -0.39 is 0 Å². The molecular weight excluding hydrogens is 222 g/mol. The summed E-state index contributed by atoms with van der Waals surface area (Å²) in [5, 5.41) is 9.31. The number of hydrogen-bond acceptors (Lipinski definition) is 1. The first kappa shape index (κ1) is 14.9. The number of aliphatic hydroxyl groups is 1. The molecule has 0 unspecified atom stereocenters. The van der Waals surface area contributed by atoms with Crippen LogP contribution in [0.1, 0.15) is 30.9 Å². The Morgan fingerprint density at radius 3 is 2.50 bits per heavy atom. The van der Waals surface area contributed by atoms with Crippen LogP contribution in [0.5, 0.6) is 0 Å². The van der Waals surface area contributed by atoms with Crippen LogP contribution in [0.2, 0.25) is 0 Å². The molecule has 2 nitrogen and oxygen atoms in total. The highest BCUT2D eigenvalue weighted by Crippen LogP contribution is 2.23. The second-order valence-corrected chi connectivity index (χ2v) is 5.50. The SMILES string of the molecule is CC/C=C(/CC[N+](C)(C)CO)c1ccccc1C. The van der Waals surface area contributed by atoms with Crippen molar-refractivity contribution in [3.8, 4) is 0 Å². The van der Waals surface area contributed by atoms with E-state index in [1.54, 1.807) is 0 Å². The van der Waals surface area contributed by atoms with Crippen LogP contribution in [0.3, 0.4) is 0 Å². The van der Waals surface area contributed by atoms with Gasteiger partial charge in [0.25, 0.3) is 0 Å². The molecule has 18 heavy (non-hydrogen) atoms. The average molecular weight is 248 g/mol. The van der Waals surface area contributed by atoms with Gasteiger partial charge in [0.1, 0.15) is 0 Å². The van der Waals surface area contributed by atoms with E-state index in [0.717, 1.165) is 19.4 Å². The maximum Gasteiger partial charge on any atom is 0.179 e. The van der Waals surface area contributed by atoms with Crippen LogP contribution in [-0.2, 0) is 0 Å². The van der Waals surface area contributed by atoms with Crippen molar-refractivity contribution >= 4 is 5.57 Å². The van der Waals surface area contributed by atoms with Gasteiger partial charge in [-0.15, -0.1) is 0 Å². The standard InChI is InChI=1S/C16H26NO/c1-5-8-15(11-12-17(3,4)13-18)16-10-7-6-9-14(16)2/h6-10,18H,5,11-13H2,1-4H3/q+1/b15-8-. The first-order chi connectivity index (χ1) is 8.50. The van der Waals surface area contributed by atoms with Gasteiger partial charge in [0.15, 0.2) is 6.73 Å². The molecule has 1 aromatic rings. The maximum atomic E-state index is 9.31. The maximum absolute atomic E-state index is 9.31. The van der Waals surface area contributed by atoms with E-state index in [9.17, 15) is 5.11 Å². The molecule has 0 radical (unpaired) electrons. The summed E-state index contributed by atoms with van der Waals surface area (Å²) < 4.78 is 0.646. The number of aryl methyl sites for hydroxylation is 1. The van der Waals surface area contributed by atoms with Crippen molar-refractivity contribution < 1.29 is 9.59 Å². The summed E-state index contributed by atoms with van der Waals surface area (Å²) in [5.74, 6) is 0. The van der Waals surface area contributed by atoms with Crippen LogP contribution in [0, 0.1) is 6.92 Å². The predicted molar refractivity (Wildman–Crippen MR) is 78.1 cm³/mol. The second-order valence-electron chi connectivity index (χ2n) is 5.50. The van der Waals surface area contributed by atoms with Gasteiger partial charge in [0.05, 0.1) is 20.6 Å². The number of hydrogen-bond donors (Lipinski definition) is 1. The Bertz CT molecular complexity index is 407. The molecule has 0 aliphatic carbocycles. The predicted octanol–water partition coefficient (Wildman–Crippen LogP) is 3.20. The van der Waals surface area contributed by atoms with Crippen molar-refractivity contribution in [1.82, 2.24) is 0 Å². The largest absolute Gasteiger partial charge is 0.347 e. The van der Waals surface area contributed by atoms with Gasteiger partial charge in [-0.05, 0) is 30.0 Å². The lowest BCUT2D eigenvalue weighted by atomic mass is 9.97. The molecule has 0 fully saturated rings. The van der Waals surface area contributed by atoms with Crippen LogP contribution >= 0.6 is 0 Å². The van der Waals surface area contributed by atoms with Crippen LogP contribution in [0.25, 0.3) is 5.57 Å². The first-order valence-corrected chi connectivity index (χ1v) is 6.68. The molecule has 0 saturated carbocycles. The van der Waals surface area contributed by atoms with Crippen molar-refractivity contribution in [2.24, 2.45) is 0 Å². The van der Waals surface area contributed by atoms with Crippen molar-refractivity contribution in [2.75, 3.05) is 27.4 Å². The molecule has 0 aliphatic rings. The minimum absolute atomic E-state index is 0.188. The quantitative estimate of drug-likeness (QED) is 0.605. The van der Waals surface area contributed by atoms with E-state index in [4.69, 9.17) is 0 Å². The smallest absolute Gasteiger partial charge is 0.179 e. The van der Waals surface area contributed by atoms with E-state index in [1.807, 2.05) is 0 Å². The molecule has 0 aliphatic heterocycles. The van der Waals surface area contributed by atoms with E-state index in [1.165, 1.54) is 16.7 Å². The Hall–Kier alpha value is -1.12. The molecule has 0 bridgehead atoms. The zero-order valence-corrected chi connectivity index (χ0v) is 12.1. The highest BCUT2D eigenvalue weighted by molar-refractivity contribution is 5.68. The van der Waals surface area contributed by atoms with Gasteiger partial charge in [0, 0.05) is 6.42 Å². The van der Waals surface area contributed by atoms with Crippen molar-refractivity contribution in [2.45, 2.75) is 26.7 Å². The summed E-state index contributed by atoms with van der Waals surface area (Å²) in [6, 6.07) is 8.52. The third kappa shape index (κ3) is 4.28. The first-order valence-electron chi connectivity index (χ1n) is 6.68. The average Bonchev–Trinajstić information content (AvgIpc) is 2.35. The van der Waals surface area contributed by atoms with Crippen molar-refractivity contribution in [3.05, 3.63) is 41.5 Å². The van der Waals surface area contributed by atoms with Gasteiger partial charge in [-0.25, -0.2) is 0 Å². The van der Waals surface area contributed by atoms with E-state index >= 15 is 0 Å². The molecule has 0 spiro atoms. The molecule has 0 amide bonds. The fourth-order valence-corrected chi connectivity index (χ4v) is 2.02. The molecule has 1 aromatic carbocycles. The Morgan fingerprint density at radius 2 is 1.94 bits per heavy atom. The molecule has 1 N–H and O–H groups in total. The van der Waals surface area contributed by atoms with Crippen LogP contribution in [0.15, 0.2) is 30.3 Å². The van der Waals surface area contributed by atoms with Gasteiger partial charge in [-0.1, -0.05) is 37.3 Å². The van der Waals surface area contributed by atoms with Gasteiger partial charge in [-0.2, -0.15) is 0 Å². The van der Waals surface area contributed by atoms with Crippen LogP contribution in [-0.4, -0.2) is 37.0 Å². The minimum Gasteiger partial charge on any atom is -0.347 e. The third-order valence-electron chi connectivity index (χ3n) is 3.31. The minimum atomic E-state index is 0.188. The van der Waals surface area contributed by atoms with Gasteiger partial charge in [0.2, 0.25) is 0 Å². The Morgan fingerprint density at radius 1 is 1.28 bits per heavy atom. The normalized spacial score (nSPS) is 12.8. The van der Waals surface area contributed by atoms with E-state index in [-0.39, 0.29) is 6.73 Å². The highest BCUT2D eigenvalue weighted by atomic mass is 16.3. The number of rotatable bonds is 6. The molecule has 100 valence electrons. The summed E-state index contributed by atoms with van der Waals surface area (Å²) >= 11 is 0. The zero-order chi connectivity index (χ0) is 13.6. The van der Waals surface area contributed by atoms with Gasteiger partial charge in [-0.3, -0.25) is 0 Å². The molecular formula is C16H26NO+. The number of aliphatic hydroxyl groups excluding tert-OH is 1. The summed E-state index contributed by atoms with van der Waals surface area (Å²) in [5.41, 5.74) is 4.07. The van der Waals surface area contributed by atoms with Gasteiger partial charge < -0.3 is 9.59 Å². The number of nitrogens with zero attached hydrogens (tertiary/aromatic N) is 1. The third-order valence-corrected chi connectivity index (χ3v) is 3.31. The molecule has 0 saturated heterocycles. The highest BCUT2D eigenvalue weighted by Gasteiger charge is 2.14. The topological polar surface area (TPSA) is 20.2 Å².